The monoisotopic (exact) mass is 756 g/mol. The van der Waals surface area contributed by atoms with Gasteiger partial charge in [-0.1, -0.05) is 43.5 Å². The van der Waals surface area contributed by atoms with Crippen molar-refractivity contribution in [3.05, 3.63) is 76.9 Å². The maximum absolute atomic E-state index is 12.2. The normalized spacial score (nSPS) is 13.9. The Bertz CT molecular complexity index is 1630. The lowest BCUT2D eigenvalue weighted by Gasteiger charge is -2.17. The lowest BCUT2D eigenvalue weighted by Crippen LogP contribution is -2.33. The molecule has 0 amide bonds. The van der Waals surface area contributed by atoms with E-state index in [4.69, 9.17) is 28.8 Å². The van der Waals surface area contributed by atoms with E-state index < -0.39 is 66.6 Å². The van der Waals surface area contributed by atoms with Gasteiger partial charge in [-0.2, -0.15) is 0 Å². The van der Waals surface area contributed by atoms with Crippen molar-refractivity contribution in [3.63, 3.8) is 0 Å². The van der Waals surface area contributed by atoms with Crippen LogP contribution >= 0.6 is 0 Å². The second-order valence-electron chi connectivity index (χ2n) is 11.5. The van der Waals surface area contributed by atoms with Gasteiger partial charge in [-0.05, 0) is 70.4 Å². The number of ether oxygens (including phenoxy) is 6. The van der Waals surface area contributed by atoms with Gasteiger partial charge < -0.3 is 38.6 Å². The average Bonchev–Trinajstić information content (AvgIpc) is 3.14. The van der Waals surface area contributed by atoms with Crippen LogP contribution in [0.4, 0.5) is 4.79 Å². The average molecular weight is 757 g/mol. The highest BCUT2D eigenvalue weighted by molar-refractivity contribution is 6.02. The van der Waals surface area contributed by atoms with Crippen molar-refractivity contribution in [2.45, 2.75) is 71.0 Å². The molecule has 0 aromatic heterocycles. The van der Waals surface area contributed by atoms with Crippen LogP contribution < -0.4 is 0 Å². The fourth-order valence-corrected chi connectivity index (χ4v) is 4.03. The predicted octanol–water partition coefficient (Wildman–Crippen LogP) is 3.04. The van der Waals surface area contributed by atoms with E-state index in [1.807, 2.05) is 36.4 Å². The number of unbranched alkanes of at least 4 members (excludes halogenated alkanes) is 2. The van der Waals surface area contributed by atoms with Crippen molar-refractivity contribution in [2.75, 3.05) is 33.0 Å². The summed E-state index contributed by atoms with van der Waals surface area (Å²) < 4.78 is 28.7. The molecular formula is C38H44O16. The van der Waals surface area contributed by atoms with Crippen LogP contribution in [0, 0.1) is 0 Å². The zero-order chi connectivity index (χ0) is 40.5. The van der Waals surface area contributed by atoms with Gasteiger partial charge in [-0.15, -0.1) is 0 Å². The molecule has 54 heavy (non-hydrogen) atoms. The lowest BCUT2D eigenvalue weighted by atomic mass is 10.0. The minimum Gasteiger partial charge on any atom is -0.462 e. The first kappa shape index (κ1) is 46.1. The molecule has 1 fully saturated rings. The number of esters is 5. The van der Waals surface area contributed by atoms with E-state index in [0.717, 1.165) is 36.8 Å². The number of benzene rings is 1. The Morgan fingerprint density at radius 1 is 0.833 bits per heavy atom. The standard InChI is InChI=1S/C24H28O14.C14H16O2/c1-14(2)20(29)36-13-19(37-21(30)15(3)4)17(11-26)23(32)38-24(33)35-9-7-5-6-8-34-22(31)16(10-25)18(28)12-27;15-14-13(9-5-2-6-10-16-14)11-12-7-3-1-4-8-12/h18-19,27-28H,1,3,5-9,12-13H2,2,4H3;1,3-4,7-8,11H,2,5-6,9-10H2. The van der Waals surface area contributed by atoms with Crippen LogP contribution in [0.25, 0.3) is 6.08 Å². The van der Waals surface area contributed by atoms with Gasteiger partial charge in [0.1, 0.15) is 24.6 Å². The molecule has 2 unspecified atom stereocenters. The fraction of sp³-hybridized carbons (Fsp3) is 0.421. The predicted molar refractivity (Wildman–Crippen MR) is 188 cm³/mol. The number of carbonyl (C=O) groups is 6. The molecule has 16 nitrogen and oxygen atoms in total. The summed E-state index contributed by atoms with van der Waals surface area (Å²) in [5, 5.41) is 18.0. The number of hydrogen-bond acceptors (Lipinski definition) is 16. The zero-order valence-corrected chi connectivity index (χ0v) is 30.1. The van der Waals surface area contributed by atoms with E-state index in [1.165, 1.54) is 25.7 Å². The Hall–Kier alpha value is -5.92. The van der Waals surface area contributed by atoms with Gasteiger partial charge in [0.25, 0.3) is 0 Å². The van der Waals surface area contributed by atoms with Crippen LogP contribution in [0.15, 0.2) is 71.4 Å². The summed E-state index contributed by atoms with van der Waals surface area (Å²) >= 11 is 0. The molecule has 2 N–H and O–H groups in total. The molecule has 16 heteroatoms. The molecule has 0 aliphatic carbocycles. The minimum absolute atomic E-state index is 0.0148. The Kier molecular flexibility index (Phi) is 22.1. The van der Waals surface area contributed by atoms with Crippen molar-refractivity contribution in [1.82, 2.24) is 0 Å². The molecule has 1 heterocycles. The van der Waals surface area contributed by atoms with Crippen LogP contribution in [0.5, 0.6) is 0 Å². The third-order valence-electron chi connectivity index (χ3n) is 6.94. The number of aliphatic hydroxyl groups is 2. The van der Waals surface area contributed by atoms with Gasteiger partial charge in [0.2, 0.25) is 0 Å². The summed E-state index contributed by atoms with van der Waals surface area (Å²) in [6.07, 6.45) is 1.84. The Labute approximate surface area is 311 Å². The highest BCUT2D eigenvalue weighted by Gasteiger charge is 2.31. The molecule has 1 saturated heterocycles. The van der Waals surface area contributed by atoms with Gasteiger partial charge >= 0.3 is 36.0 Å². The summed E-state index contributed by atoms with van der Waals surface area (Å²) in [6.45, 7) is 7.83. The highest BCUT2D eigenvalue weighted by atomic mass is 16.7. The molecule has 1 aromatic carbocycles. The number of rotatable bonds is 17. The van der Waals surface area contributed by atoms with Crippen LogP contribution in [0.3, 0.4) is 0 Å². The molecule has 1 aliphatic heterocycles. The van der Waals surface area contributed by atoms with E-state index in [9.17, 15) is 43.5 Å². The van der Waals surface area contributed by atoms with Gasteiger partial charge in [0.15, 0.2) is 17.3 Å². The molecule has 0 bridgehead atoms. The number of cyclic esters (lactones) is 1. The largest absolute Gasteiger partial charge is 0.516 e. The lowest BCUT2D eigenvalue weighted by molar-refractivity contribution is -0.153. The molecular weight excluding hydrogens is 712 g/mol. The Morgan fingerprint density at radius 2 is 1.46 bits per heavy atom. The Balaban J connectivity index is 0.000000745. The third kappa shape index (κ3) is 18.0. The maximum Gasteiger partial charge on any atom is 0.516 e. The highest BCUT2D eigenvalue weighted by Crippen LogP contribution is 2.18. The van der Waals surface area contributed by atoms with E-state index in [1.54, 1.807) is 0 Å². The van der Waals surface area contributed by atoms with Gasteiger partial charge in [-0.25, -0.2) is 38.4 Å². The summed E-state index contributed by atoms with van der Waals surface area (Å²) in [4.78, 5) is 92.7. The second kappa shape index (κ2) is 25.9. The van der Waals surface area contributed by atoms with E-state index >= 15 is 0 Å². The smallest absolute Gasteiger partial charge is 0.462 e. The van der Waals surface area contributed by atoms with E-state index in [0.29, 0.717) is 13.0 Å². The first-order valence-electron chi connectivity index (χ1n) is 16.7. The third-order valence-corrected chi connectivity index (χ3v) is 6.94. The number of carbonyl (C=O) groups excluding carboxylic acids is 8. The van der Waals surface area contributed by atoms with Gasteiger partial charge in [0.05, 0.1) is 26.4 Å². The molecule has 0 saturated carbocycles. The summed E-state index contributed by atoms with van der Waals surface area (Å²) in [5.74, 6) is -2.40. The number of aliphatic hydroxyl groups excluding tert-OH is 2. The van der Waals surface area contributed by atoms with Crippen LogP contribution in [-0.4, -0.2) is 103 Å². The van der Waals surface area contributed by atoms with Crippen LogP contribution in [0.1, 0.15) is 64.4 Å². The molecule has 2 rings (SSSR count). The second-order valence-corrected chi connectivity index (χ2v) is 11.5. The first-order valence-corrected chi connectivity index (χ1v) is 16.7. The van der Waals surface area contributed by atoms with E-state index in [-0.39, 0.29) is 43.2 Å². The van der Waals surface area contributed by atoms with E-state index in [2.05, 4.69) is 17.9 Å². The van der Waals surface area contributed by atoms with Crippen molar-refractivity contribution in [2.24, 2.45) is 0 Å². The molecule has 1 aromatic rings. The van der Waals surface area contributed by atoms with Crippen molar-refractivity contribution in [3.8, 4) is 0 Å². The van der Waals surface area contributed by atoms with Crippen LogP contribution in [-0.2, 0) is 62.0 Å². The molecule has 2 atom stereocenters. The van der Waals surface area contributed by atoms with Crippen molar-refractivity contribution >= 4 is 54.0 Å². The zero-order valence-electron chi connectivity index (χ0n) is 30.1. The SMILES string of the molecule is C=C(C)C(=O)OCC(OC(=O)C(=C)C)C(=C=O)C(=O)OC(=O)OCCCCCOC(=O)C(=C=O)C(O)CO.O=C1OCCCCCC1=Cc1ccccc1. The fourth-order valence-electron chi connectivity index (χ4n) is 4.03. The van der Waals surface area contributed by atoms with Crippen LogP contribution in [0.2, 0.25) is 0 Å². The van der Waals surface area contributed by atoms with Crippen molar-refractivity contribution < 1.29 is 77.0 Å². The molecule has 1 aliphatic rings. The van der Waals surface area contributed by atoms with Gasteiger partial charge in [-0.3, -0.25) is 0 Å². The quantitative estimate of drug-likeness (QED) is 0.0581. The summed E-state index contributed by atoms with van der Waals surface area (Å²) in [5.41, 5.74) is 0.0258. The first-order chi connectivity index (χ1) is 25.7. The molecule has 292 valence electrons. The summed E-state index contributed by atoms with van der Waals surface area (Å²) in [6, 6.07) is 9.91. The molecule has 0 radical (unpaired) electrons. The topological polar surface area (TPSA) is 232 Å². The Morgan fingerprint density at radius 3 is 2.06 bits per heavy atom. The molecule has 0 spiro atoms. The summed E-state index contributed by atoms with van der Waals surface area (Å²) in [7, 11) is 0. The minimum atomic E-state index is -1.77. The number of hydrogen-bond donors (Lipinski definition) is 2. The van der Waals surface area contributed by atoms with Crippen molar-refractivity contribution in [1.29, 1.82) is 0 Å². The maximum atomic E-state index is 12.2. The van der Waals surface area contributed by atoms with Gasteiger partial charge in [0, 0.05) is 16.7 Å².